The van der Waals surface area contributed by atoms with E-state index in [2.05, 4.69) is 15.0 Å². The van der Waals surface area contributed by atoms with E-state index >= 15 is 0 Å². The first-order chi connectivity index (χ1) is 12.8. The Balaban J connectivity index is 1.55. The van der Waals surface area contributed by atoms with Crippen molar-refractivity contribution in [3.8, 4) is 28.5 Å². The highest BCUT2D eigenvalue weighted by molar-refractivity contribution is 5.88. The van der Waals surface area contributed by atoms with Gasteiger partial charge in [0.15, 0.2) is 5.82 Å². The molecule has 1 aromatic carbocycles. The van der Waals surface area contributed by atoms with E-state index in [4.69, 9.17) is 9.15 Å². The third-order valence-electron chi connectivity index (χ3n) is 3.63. The lowest BCUT2D eigenvalue weighted by Crippen LogP contribution is -2.06. The highest BCUT2D eigenvalue weighted by atomic mass is 16.5. The smallest absolute Gasteiger partial charge is 0.379 e. The number of hydrogen-bond acceptors (Lipinski definition) is 6. The predicted molar refractivity (Wildman–Crippen MR) is 94.4 cm³/mol. The van der Waals surface area contributed by atoms with Crippen LogP contribution in [0.2, 0.25) is 0 Å². The maximum Gasteiger partial charge on any atom is 0.379 e. The number of benzene rings is 1. The van der Waals surface area contributed by atoms with Gasteiger partial charge in [-0.2, -0.15) is 0 Å². The minimum Gasteiger partial charge on any atom is -0.457 e. The molecule has 4 rings (SSSR count). The zero-order valence-corrected chi connectivity index (χ0v) is 13.6. The van der Waals surface area contributed by atoms with Crippen LogP contribution in [-0.4, -0.2) is 20.9 Å². The lowest BCUT2D eigenvalue weighted by Gasteiger charge is -2.05. The normalized spacial score (nSPS) is 10.5. The average molecular weight is 343 g/mol. The summed E-state index contributed by atoms with van der Waals surface area (Å²) in [5.74, 6) is 0.588. The summed E-state index contributed by atoms with van der Waals surface area (Å²) in [6, 6.07) is 17.6. The maximum atomic E-state index is 11.9. The lowest BCUT2D eigenvalue weighted by molar-refractivity contribution is 0.0701. The van der Waals surface area contributed by atoms with Gasteiger partial charge in [0.2, 0.25) is 5.76 Å². The van der Waals surface area contributed by atoms with Gasteiger partial charge in [0.1, 0.15) is 5.75 Å². The molecule has 0 N–H and O–H groups in total. The Kier molecular flexibility index (Phi) is 4.22. The minimum absolute atomic E-state index is 0.153. The van der Waals surface area contributed by atoms with Crippen LogP contribution < -0.4 is 4.74 Å². The average Bonchev–Trinajstić information content (AvgIpc) is 3.24. The van der Waals surface area contributed by atoms with E-state index in [0.29, 0.717) is 11.6 Å². The molecular formula is C20H13N3O3. The van der Waals surface area contributed by atoms with Crippen LogP contribution in [0, 0.1) is 0 Å². The number of hydrogen-bond donors (Lipinski definition) is 0. The minimum atomic E-state index is -0.545. The van der Waals surface area contributed by atoms with Crippen molar-refractivity contribution in [2.45, 2.75) is 0 Å². The molecule has 0 bridgehead atoms. The Morgan fingerprint density at radius 2 is 1.73 bits per heavy atom. The van der Waals surface area contributed by atoms with Gasteiger partial charge in [-0.15, -0.1) is 0 Å². The summed E-state index contributed by atoms with van der Waals surface area (Å²) >= 11 is 0. The zero-order chi connectivity index (χ0) is 17.8. The van der Waals surface area contributed by atoms with Crippen molar-refractivity contribution in [3.63, 3.8) is 0 Å². The lowest BCUT2D eigenvalue weighted by atomic mass is 10.2. The molecule has 0 aliphatic heterocycles. The standard InChI is InChI=1S/C20H13N3O3/c24-20(18-5-3-13-25-18)26-15-8-6-14(7-9-15)19-22-12-10-17(23-19)16-4-1-2-11-21-16/h1-13H. The second-order valence-electron chi connectivity index (χ2n) is 5.37. The summed E-state index contributed by atoms with van der Waals surface area (Å²) in [5.41, 5.74) is 2.32. The van der Waals surface area contributed by atoms with Crippen LogP contribution in [0.3, 0.4) is 0 Å². The topological polar surface area (TPSA) is 78.1 Å². The molecule has 0 saturated heterocycles. The van der Waals surface area contributed by atoms with Crippen LogP contribution >= 0.6 is 0 Å². The van der Waals surface area contributed by atoms with E-state index in [1.807, 2.05) is 24.3 Å². The van der Waals surface area contributed by atoms with Crippen molar-refractivity contribution in [2.75, 3.05) is 0 Å². The molecule has 0 atom stereocenters. The Morgan fingerprint density at radius 1 is 0.846 bits per heavy atom. The van der Waals surface area contributed by atoms with Crippen molar-refractivity contribution < 1.29 is 13.9 Å². The number of esters is 1. The SMILES string of the molecule is O=C(Oc1ccc(-c2nccc(-c3ccccn3)n2)cc1)c1ccco1. The molecule has 0 spiro atoms. The van der Waals surface area contributed by atoms with Crippen molar-refractivity contribution in [3.05, 3.63) is 85.1 Å². The number of furan rings is 1. The van der Waals surface area contributed by atoms with Gasteiger partial charge in [0.05, 0.1) is 17.7 Å². The first-order valence-corrected chi connectivity index (χ1v) is 7.90. The van der Waals surface area contributed by atoms with E-state index in [1.165, 1.54) is 6.26 Å². The van der Waals surface area contributed by atoms with Crippen molar-refractivity contribution in [2.24, 2.45) is 0 Å². The summed E-state index contributed by atoms with van der Waals surface area (Å²) in [7, 11) is 0. The first-order valence-electron chi connectivity index (χ1n) is 7.90. The van der Waals surface area contributed by atoms with Crippen LogP contribution in [0.5, 0.6) is 5.75 Å². The molecule has 6 nitrogen and oxygen atoms in total. The number of ether oxygens (including phenoxy) is 1. The van der Waals surface area contributed by atoms with Crippen LogP contribution in [0.15, 0.2) is 83.7 Å². The van der Waals surface area contributed by atoms with E-state index in [-0.39, 0.29) is 5.76 Å². The van der Waals surface area contributed by atoms with Crippen LogP contribution in [0.25, 0.3) is 22.8 Å². The monoisotopic (exact) mass is 343 g/mol. The molecule has 4 aromatic rings. The van der Waals surface area contributed by atoms with E-state index < -0.39 is 5.97 Å². The fourth-order valence-electron chi connectivity index (χ4n) is 2.38. The van der Waals surface area contributed by atoms with Crippen molar-refractivity contribution in [1.29, 1.82) is 0 Å². The number of carbonyl (C=O) groups excluding carboxylic acids is 1. The molecule has 6 heteroatoms. The van der Waals surface area contributed by atoms with Crippen molar-refractivity contribution in [1.82, 2.24) is 15.0 Å². The van der Waals surface area contributed by atoms with Gasteiger partial charge in [-0.1, -0.05) is 6.07 Å². The van der Waals surface area contributed by atoms with Gasteiger partial charge in [0, 0.05) is 18.0 Å². The van der Waals surface area contributed by atoms with Gasteiger partial charge in [-0.3, -0.25) is 4.98 Å². The quantitative estimate of drug-likeness (QED) is 0.411. The summed E-state index contributed by atoms with van der Waals surface area (Å²) in [5, 5.41) is 0. The molecule has 0 aliphatic rings. The number of rotatable bonds is 4. The Hall–Kier alpha value is -3.80. The van der Waals surface area contributed by atoms with E-state index in [0.717, 1.165) is 17.0 Å². The van der Waals surface area contributed by atoms with Gasteiger partial charge in [-0.25, -0.2) is 14.8 Å². The fraction of sp³-hybridized carbons (Fsp3) is 0. The molecule has 3 aromatic heterocycles. The Morgan fingerprint density at radius 3 is 2.46 bits per heavy atom. The van der Waals surface area contributed by atoms with Gasteiger partial charge in [0.25, 0.3) is 0 Å². The predicted octanol–water partition coefficient (Wildman–Crippen LogP) is 4.02. The summed E-state index contributed by atoms with van der Waals surface area (Å²) in [6.07, 6.45) is 4.84. The number of aromatic nitrogens is 3. The van der Waals surface area contributed by atoms with Crippen LogP contribution in [-0.2, 0) is 0 Å². The summed E-state index contributed by atoms with van der Waals surface area (Å²) in [6.45, 7) is 0. The maximum absolute atomic E-state index is 11.9. The summed E-state index contributed by atoms with van der Waals surface area (Å²) < 4.78 is 10.3. The molecule has 0 unspecified atom stereocenters. The Bertz CT molecular complexity index is 1010. The molecule has 0 saturated carbocycles. The zero-order valence-electron chi connectivity index (χ0n) is 13.6. The van der Waals surface area contributed by atoms with Crippen molar-refractivity contribution >= 4 is 5.97 Å². The number of nitrogens with zero attached hydrogens (tertiary/aromatic N) is 3. The number of carbonyl (C=O) groups is 1. The molecule has 26 heavy (non-hydrogen) atoms. The molecular weight excluding hydrogens is 330 g/mol. The molecule has 0 fully saturated rings. The molecule has 126 valence electrons. The highest BCUT2D eigenvalue weighted by Crippen LogP contribution is 2.22. The van der Waals surface area contributed by atoms with Gasteiger partial charge < -0.3 is 9.15 Å². The first kappa shape index (κ1) is 15.7. The molecule has 0 aliphatic carbocycles. The third-order valence-corrected chi connectivity index (χ3v) is 3.63. The number of pyridine rings is 1. The summed E-state index contributed by atoms with van der Waals surface area (Å²) in [4.78, 5) is 25.0. The van der Waals surface area contributed by atoms with Crippen LogP contribution in [0.1, 0.15) is 10.6 Å². The molecule has 0 radical (unpaired) electrons. The highest BCUT2D eigenvalue weighted by Gasteiger charge is 2.12. The molecule has 3 heterocycles. The Labute approximate surface area is 149 Å². The fourth-order valence-corrected chi connectivity index (χ4v) is 2.38. The van der Waals surface area contributed by atoms with E-state index in [9.17, 15) is 4.79 Å². The second kappa shape index (κ2) is 6.98. The second-order valence-corrected chi connectivity index (χ2v) is 5.37. The largest absolute Gasteiger partial charge is 0.457 e. The van der Waals surface area contributed by atoms with E-state index in [1.54, 1.807) is 48.8 Å². The van der Waals surface area contributed by atoms with Gasteiger partial charge >= 0.3 is 5.97 Å². The third kappa shape index (κ3) is 3.34. The van der Waals surface area contributed by atoms with Crippen LogP contribution in [0.4, 0.5) is 0 Å². The van der Waals surface area contributed by atoms with Gasteiger partial charge in [-0.05, 0) is 54.6 Å². The molecule has 0 amide bonds.